The van der Waals surface area contributed by atoms with E-state index in [2.05, 4.69) is 17.5 Å². The normalized spacial score (nSPS) is 10.6. The van der Waals surface area contributed by atoms with E-state index in [4.69, 9.17) is 9.47 Å². The molecule has 0 unspecified atom stereocenters. The molecule has 1 N–H and O–H groups in total. The summed E-state index contributed by atoms with van der Waals surface area (Å²) in [7, 11) is 0. The van der Waals surface area contributed by atoms with Gasteiger partial charge >= 0.3 is 0 Å². The third kappa shape index (κ3) is 6.30. The zero-order chi connectivity index (χ0) is 17.9. The third-order valence-electron chi connectivity index (χ3n) is 3.45. The summed E-state index contributed by atoms with van der Waals surface area (Å²) < 4.78 is 11.0. The maximum atomic E-state index is 12.0. The van der Waals surface area contributed by atoms with Gasteiger partial charge in [-0.05, 0) is 67.4 Å². The van der Waals surface area contributed by atoms with Crippen molar-refractivity contribution in [2.45, 2.75) is 26.7 Å². The first-order chi connectivity index (χ1) is 12.2. The number of nitrogens with one attached hydrogen (secondary N) is 1. The first kappa shape index (κ1) is 18.5. The van der Waals surface area contributed by atoms with E-state index in [1.54, 1.807) is 30.5 Å². The fourth-order valence-corrected chi connectivity index (χ4v) is 2.08. The summed E-state index contributed by atoms with van der Waals surface area (Å²) in [6, 6.07) is 14.5. The molecule has 132 valence electrons. The van der Waals surface area contributed by atoms with Crippen LogP contribution in [0.2, 0.25) is 0 Å². The molecule has 2 aromatic carbocycles. The highest BCUT2D eigenvalue weighted by atomic mass is 16.5. The maximum absolute atomic E-state index is 12.0. The van der Waals surface area contributed by atoms with Gasteiger partial charge < -0.3 is 9.47 Å². The monoisotopic (exact) mass is 340 g/mol. The molecular weight excluding hydrogens is 316 g/mol. The molecule has 0 spiro atoms. The van der Waals surface area contributed by atoms with Crippen molar-refractivity contribution in [2.75, 3.05) is 13.2 Å². The zero-order valence-corrected chi connectivity index (χ0v) is 14.7. The molecule has 0 atom stereocenters. The largest absolute Gasteiger partial charge is 0.494 e. The Labute approximate surface area is 148 Å². The van der Waals surface area contributed by atoms with E-state index in [1.165, 1.54) is 0 Å². The minimum absolute atomic E-state index is 0.265. The Morgan fingerprint density at radius 1 is 1.00 bits per heavy atom. The number of benzene rings is 2. The second-order valence-electron chi connectivity index (χ2n) is 5.43. The number of hydrogen-bond acceptors (Lipinski definition) is 4. The summed E-state index contributed by atoms with van der Waals surface area (Å²) >= 11 is 0. The molecule has 25 heavy (non-hydrogen) atoms. The summed E-state index contributed by atoms with van der Waals surface area (Å²) in [5, 5.41) is 3.99. The van der Waals surface area contributed by atoms with Gasteiger partial charge in [-0.15, -0.1) is 0 Å². The van der Waals surface area contributed by atoms with Crippen LogP contribution in [0, 0.1) is 0 Å². The van der Waals surface area contributed by atoms with Crippen LogP contribution in [0.25, 0.3) is 0 Å². The van der Waals surface area contributed by atoms with Crippen molar-refractivity contribution in [3.8, 4) is 11.5 Å². The number of carbonyl (C=O) groups is 1. The molecule has 1 amide bonds. The van der Waals surface area contributed by atoms with Crippen molar-refractivity contribution in [3.05, 3.63) is 59.7 Å². The highest BCUT2D eigenvalue weighted by molar-refractivity contribution is 5.95. The molecule has 0 saturated carbocycles. The van der Waals surface area contributed by atoms with Crippen molar-refractivity contribution in [1.29, 1.82) is 0 Å². The molecule has 0 aliphatic rings. The van der Waals surface area contributed by atoms with E-state index in [1.807, 2.05) is 31.2 Å². The molecule has 5 nitrogen and oxygen atoms in total. The minimum Gasteiger partial charge on any atom is -0.494 e. The van der Waals surface area contributed by atoms with Gasteiger partial charge in [-0.1, -0.05) is 13.3 Å². The van der Waals surface area contributed by atoms with Gasteiger partial charge in [0.25, 0.3) is 5.91 Å². The van der Waals surface area contributed by atoms with Gasteiger partial charge in [0.2, 0.25) is 0 Å². The predicted molar refractivity (Wildman–Crippen MR) is 99.5 cm³/mol. The summed E-state index contributed by atoms with van der Waals surface area (Å²) in [5.74, 6) is 1.31. The van der Waals surface area contributed by atoms with E-state index in [0.29, 0.717) is 12.2 Å². The van der Waals surface area contributed by atoms with E-state index in [-0.39, 0.29) is 5.91 Å². The second kappa shape index (κ2) is 10.1. The SMILES string of the molecule is CCCCOc1ccc(/C=N\NC(=O)c2ccc(OCC)cc2)cc1. The summed E-state index contributed by atoms with van der Waals surface area (Å²) in [5.41, 5.74) is 3.93. The van der Waals surface area contributed by atoms with Crippen molar-refractivity contribution >= 4 is 12.1 Å². The van der Waals surface area contributed by atoms with Crippen LogP contribution in [0.4, 0.5) is 0 Å². The van der Waals surface area contributed by atoms with Crippen LogP contribution in [0.1, 0.15) is 42.6 Å². The average Bonchev–Trinajstić information content (AvgIpc) is 2.64. The number of amides is 1. The Hall–Kier alpha value is -2.82. The van der Waals surface area contributed by atoms with Crippen molar-refractivity contribution < 1.29 is 14.3 Å². The molecule has 5 heteroatoms. The molecule has 0 aromatic heterocycles. The molecule has 2 rings (SSSR count). The van der Waals surface area contributed by atoms with Crippen LogP contribution >= 0.6 is 0 Å². The highest BCUT2D eigenvalue weighted by Crippen LogP contribution is 2.13. The quantitative estimate of drug-likeness (QED) is 0.426. The van der Waals surface area contributed by atoms with Crippen LogP contribution in [0.5, 0.6) is 11.5 Å². The van der Waals surface area contributed by atoms with Crippen molar-refractivity contribution in [2.24, 2.45) is 5.10 Å². The molecule has 0 aliphatic heterocycles. The van der Waals surface area contributed by atoms with Gasteiger partial charge in [0.15, 0.2) is 0 Å². The van der Waals surface area contributed by atoms with Gasteiger partial charge in [0.05, 0.1) is 19.4 Å². The zero-order valence-electron chi connectivity index (χ0n) is 14.7. The number of rotatable bonds is 9. The number of hydrazone groups is 1. The molecule has 0 fully saturated rings. The van der Waals surface area contributed by atoms with Crippen molar-refractivity contribution in [3.63, 3.8) is 0 Å². The van der Waals surface area contributed by atoms with Gasteiger partial charge in [-0.25, -0.2) is 5.43 Å². The molecule has 0 aliphatic carbocycles. The Kier molecular flexibility index (Phi) is 7.50. The smallest absolute Gasteiger partial charge is 0.271 e. The summed E-state index contributed by atoms with van der Waals surface area (Å²) in [6.07, 6.45) is 3.75. The first-order valence-electron chi connectivity index (χ1n) is 8.52. The van der Waals surface area contributed by atoms with Crippen LogP contribution in [-0.2, 0) is 0 Å². The summed E-state index contributed by atoms with van der Waals surface area (Å²) in [6.45, 7) is 5.37. The van der Waals surface area contributed by atoms with Gasteiger partial charge in [-0.2, -0.15) is 5.10 Å². The summed E-state index contributed by atoms with van der Waals surface area (Å²) in [4.78, 5) is 12.0. The van der Waals surface area contributed by atoms with Gasteiger partial charge in [-0.3, -0.25) is 4.79 Å². The number of hydrogen-bond donors (Lipinski definition) is 1. The van der Waals surface area contributed by atoms with E-state index < -0.39 is 0 Å². The Morgan fingerprint density at radius 3 is 2.28 bits per heavy atom. The van der Waals surface area contributed by atoms with E-state index in [9.17, 15) is 4.79 Å². The van der Waals surface area contributed by atoms with Crippen molar-refractivity contribution in [1.82, 2.24) is 5.43 Å². The van der Waals surface area contributed by atoms with Crippen LogP contribution in [0.15, 0.2) is 53.6 Å². The maximum Gasteiger partial charge on any atom is 0.271 e. The van der Waals surface area contributed by atoms with E-state index in [0.717, 1.165) is 36.5 Å². The average molecular weight is 340 g/mol. The van der Waals surface area contributed by atoms with Gasteiger partial charge in [0, 0.05) is 5.56 Å². The Balaban J connectivity index is 1.84. The lowest BCUT2D eigenvalue weighted by Gasteiger charge is -2.05. The lowest BCUT2D eigenvalue weighted by molar-refractivity contribution is 0.0955. The van der Waals surface area contributed by atoms with Crippen LogP contribution in [0.3, 0.4) is 0 Å². The molecule has 0 heterocycles. The van der Waals surface area contributed by atoms with Crippen LogP contribution in [-0.4, -0.2) is 25.3 Å². The molecule has 0 radical (unpaired) electrons. The lowest BCUT2D eigenvalue weighted by Crippen LogP contribution is -2.17. The van der Waals surface area contributed by atoms with E-state index >= 15 is 0 Å². The van der Waals surface area contributed by atoms with Gasteiger partial charge in [0.1, 0.15) is 11.5 Å². The lowest BCUT2D eigenvalue weighted by atomic mass is 10.2. The fourth-order valence-electron chi connectivity index (χ4n) is 2.08. The number of ether oxygens (including phenoxy) is 2. The highest BCUT2D eigenvalue weighted by Gasteiger charge is 2.04. The second-order valence-corrected chi connectivity index (χ2v) is 5.43. The standard InChI is InChI=1S/C20H24N2O3/c1-3-5-14-25-19-10-6-16(7-11-19)15-21-22-20(23)17-8-12-18(13-9-17)24-4-2/h6-13,15H,3-5,14H2,1-2H3,(H,22,23)/b21-15-. The minimum atomic E-state index is -0.265. The third-order valence-corrected chi connectivity index (χ3v) is 3.45. The fraction of sp³-hybridized carbons (Fsp3) is 0.300. The Morgan fingerprint density at radius 2 is 1.64 bits per heavy atom. The first-order valence-corrected chi connectivity index (χ1v) is 8.52. The topological polar surface area (TPSA) is 59.9 Å². The number of unbranched alkanes of at least 4 members (excludes halogenated alkanes) is 1. The Bertz CT molecular complexity index is 679. The predicted octanol–water partition coefficient (Wildman–Crippen LogP) is 4.03. The number of carbonyl (C=O) groups excluding carboxylic acids is 1. The molecule has 2 aromatic rings. The molecule has 0 bridgehead atoms. The molecular formula is C20H24N2O3. The molecule has 0 saturated heterocycles. The van der Waals surface area contributed by atoms with Crippen LogP contribution < -0.4 is 14.9 Å². The number of nitrogens with zero attached hydrogens (tertiary/aromatic N) is 1.